The van der Waals surface area contributed by atoms with Gasteiger partial charge in [0.1, 0.15) is 11.6 Å². The molecule has 0 saturated carbocycles. The molecule has 1 aromatic heterocycles. The zero-order valence-corrected chi connectivity index (χ0v) is 20.6. The standard InChI is InChI=1S/C26H36N4O4/c1-17(2)23-29-21(24(32)30(23)16-19-12-9-13-27-15-19)22(31)20(14-18-10-7-6-8-11-18)28-25(33)34-26(3,4)5/h6-13,15,17,20-23,29,31H,14,16H2,1-5H3,(H,28,33)/t20-,21-,22+,23?/m0/s1. The summed E-state index contributed by atoms with van der Waals surface area (Å²) in [5, 5.41) is 17.5. The van der Waals surface area contributed by atoms with Crippen LogP contribution in [0.15, 0.2) is 54.9 Å². The van der Waals surface area contributed by atoms with Crippen LogP contribution in [0.4, 0.5) is 4.79 Å². The first-order chi connectivity index (χ1) is 16.0. The fourth-order valence-electron chi connectivity index (χ4n) is 4.14. The Bertz CT molecular complexity index is 946. The Morgan fingerprint density at radius 2 is 1.85 bits per heavy atom. The molecule has 3 rings (SSSR count). The van der Waals surface area contributed by atoms with Crippen molar-refractivity contribution in [3.05, 3.63) is 66.0 Å². The number of amides is 2. The maximum atomic E-state index is 13.5. The lowest BCUT2D eigenvalue weighted by atomic mass is 9.96. The van der Waals surface area contributed by atoms with Crippen molar-refractivity contribution >= 4 is 12.0 Å². The van der Waals surface area contributed by atoms with Crippen molar-refractivity contribution in [1.29, 1.82) is 0 Å². The van der Waals surface area contributed by atoms with Gasteiger partial charge in [-0.25, -0.2) is 4.79 Å². The molecular weight excluding hydrogens is 432 g/mol. The second-order valence-corrected chi connectivity index (χ2v) is 10.1. The molecule has 0 bridgehead atoms. The van der Waals surface area contributed by atoms with E-state index in [9.17, 15) is 14.7 Å². The molecule has 0 spiro atoms. The molecule has 2 heterocycles. The molecule has 1 aromatic carbocycles. The van der Waals surface area contributed by atoms with Gasteiger partial charge in [-0.2, -0.15) is 0 Å². The summed E-state index contributed by atoms with van der Waals surface area (Å²) in [5.41, 5.74) is 1.16. The molecule has 2 aromatic rings. The molecule has 1 aliphatic heterocycles. The van der Waals surface area contributed by atoms with Gasteiger partial charge in [-0.05, 0) is 50.3 Å². The lowest BCUT2D eigenvalue weighted by molar-refractivity contribution is -0.133. The van der Waals surface area contributed by atoms with Gasteiger partial charge in [0, 0.05) is 18.9 Å². The number of ether oxygens (including phenoxy) is 1. The number of hydrogen-bond acceptors (Lipinski definition) is 6. The highest BCUT2D eigenvalue weighted by molar-refractivity contribution is 5.85. The molecule has 0 aliphatic carbocycles. The van der Waals surface area contributed by atoms with Crippen molar-refractivity contribution in [2.45, 2.75) is 77.5 Å². The summed E-state index contributed by atoms with van der Waals surface area (Å²) in [4.78, 5) is 31.9. The van der Waals surface area contributed by atoms with E-state index < -0.39 is 29.9 Å². The van der Waals surface area contributed by atoms with Crippen LogP contribution in [0.5, 0.6) is 0 Å². The number of carbonyl (C=O) groups is 2. The number of nitrogens with one attached hydrogen (secondary N) is 2. The van der Waals surface area contributed by atoms with Crippen molar-refractivity contribution in [3.63, 3.8) is 0 Å². The molecule has 184 valence electrons. The van der Waals surface area contributed by atoms with E-state index in [0.29, 0.717) is 13.0 Å². The average Bonchev–Trinajstić information content (AvgIpc) is 3.09. The third kappa shape index (κ3) is 6.77. The summed E-state index contributed by atoms with van der Waals surface area (Å²) in [7, 11) is 0. The Hall–Kier alpha value is -2.97. The first kappa shape index (κ1) is 25.6. The molecule has 1 saturated heterocycles. The number of carbonyl (C=O) groups excluding carboxylic acids is 2. The van der Waals surface area contributed by atoms with E-state index in [2.05, 4.69) is 15.6 Å². The number of aliphatic hydroxyl groups excluding tert-OH is 1. The van der Waals surface area contributed by atoms with Gasteiger partial charge in [0.25, 0.3) is 0 Å². The number of nitrogens with zero attached hydrogens (tertiary/aromatic N) is 2. The van der Waals surface area contributed by atoms with Gasteiger partial charge < -0.3 is 20.1 Å². The summed E-state index contributed by atoms with van der Waals surface area (Å²) in [5.74, 6) is -0.0942. The largest absolute Gasteiger partial charge is 0.444 e. The predicted octanol–water partition coefficient (Wildman–Crippen LogP) is 2.86. The van der Waals surface area contributed by atoms with E-state index in [0.717, 1.165) is 11.1 Å². The summed E-state index contributed by atoms with van der Waals surface area (Å²) in [6.45, 7) is 9.77. The first-order valence-corrected chi connectivity index (χ1v) is 11.7. The predicted molar refractivity (Wildman–Crippen MR) is 130 cm³/mol. The molecule has 0 radical (unpaired) electrons. The SMILES string of the molecule is CC(C)C1N[C@@H]([C@H](O)[C@H](Cc2ccccc2)NC(=O)OC(C)(C)C)C(=O)N1Cc1cccnc1. The van der Waals surface area contributed by atoms with Crippen LogP contribution in [0, 0.1) is 5.92 Å². The van der Waals surface area contributed by atoms with E-state index in [1.807, 2.05) is 56.3 Å². The Morgan fingerprint density at radius 1 is 1.18 bits per heavy atom. The van der Waals surface area contributed by atoms with Crippen molar-refractivity contribution < 1.29 is 19.4 Å². The normalized spacial score (nSPS) is 20.3. The molecule has 1 fully saturated rings. The van der Waals surface area contributed by atoms with E-state index in [4.69, 9.17) is 4.74 Å². The Morgan fingerprint density at radius 3 is 2.44 bits per heavy atom. The molecule has 4 atom stereocenters. The van der Waals surface area contributed by atoms with Crippen LogP contribution in [0.3, 0.4) is 0 Å². The van der Waals surface area contributed by atoms with Gasteiger partial charge in [0.05, 0.1) is 18.3 Å². The zero-order valence-electron chi connectivity index (χ0n) is 20.6. The third-order valence-corrected chi connectivity index (χ3v) is 5.70. The molecule has 3 N–H and O–H groups in total. The van der Waals surface area contributed by atoms with Crippen LogP contribution in [0.2, 0.25) is 0 Å². The Labute approximate surface area is 201 Å². The summed E-state index contributed by atoms with van der Waals surface area (Å²) in [6, 6.07) is 11.7. The highest BCUT2D eigenvalue weighted by Crippen LogP contribution is 2.24. The maximum absolute atomic E-state index is 13.5. The molecule has 1 aliphatic rings. The molecule has 34 heavy (non-hydrogen) atoms. The van der Waals surface area contributed by atoms with Gasteiger partial charge in [0.2, 0.25) is 5.91 Å². The topological polar surface area (TPSA) is 104 Å². The smallest absolute Gasteiger partial charge is 0.407 e. The van der Waals surface area contributed by atoms with Gasteiger partial charge in [-0.3, -0.25) is 15.1 Å². The lowest BCUT2D eigenvalue weighted by Crippen LogP contribution is -2.55. The first-order valence-electron chi connectivity index (χ1n) is 11.7. The fraction of sp³-hybridized carbons (Fsp3) is 0.500. The van der Waals surface area contributed by atoms with Gasteiger partial charge in [-0.1, -0.05) is 50.2 Å². The van der Waals surface area contributed by atoms with Crippen molar-refractivity contribution in [1.82, 2.24) is 20.5 Å². The Balaban J connectivity index is 1.82. The van der Waals surface area contributed by atoms with E-state index in [1.54, 1.807) is 38.1 Å². The quantitative estimate of drug-likeness (QED) is 0.550. The van der Waals surface area contributed by atoms with Crippen LogP contribution in [-0.4, -0.2) is 56.9 Å². The van der Waals surface area contributed by atoms with Crippen LogP contribution < -0.4 is 10.6 Å². The molecule has 8 heteroatoms. The molecule has 8 nitrogen and oxygen atoms in total. The second kappa shape index (κ2) is 11.0. The summed E-state index contributed by atoms with van der Waals surface area (Å²) in [6.07, 6.45) is 1.71. The van der Waals surface area contributed by atoms with Crippen molar-refractivity contribution in [2.24, 2.45) is 5.92 Å². The van der Waals surface area contributed by atoms with E-state index >= 15 is 0 Å². The monoisotopic (exact) mass is 468 g/mol. The molecular formula is C26H36N4O4. The minimum absolute atomic E-state index is 0.115. The van der Waals surface area contributed by atoms with Crippen molar-refractivity contribution in [3.8, 4) is 0 Å². The van der Waals surface area contributed by atoms with Gasteiger partial charge in [0.15, 0.2) is 0 Å². The van der Waals surface area contributed by atoms with E-state index in [-0.39, 0.29) is 18.0 Å². The molecule has 1 unspecified atom stereocenters. The van der Waals surface area contributed by atoms with Crippen molar-refractivity contribution in [2.75, 3.05) is 0 Å². The number of pyridine rings is 1. The second-order valence-electron chi connectivity index (χ2n) is 10.1. The number of rotatable bonds is 8. The van der Waals surface area contributed by atoms with Crippen LogP contribution in [-0.2, 0) is 22.5 Å². The van der Waals surface area contributed by atoms with Crippen LogP contribution in [0.1, 0.15) is 45.7 Å². The third-order valence-electron chi connectivity index (χ3n) is 5.70. The number of hydrogen-bond donors (Lipinski definition) is 3. The minimum atomic E-state index is -1.17. The number of aromatic nitrogens is 1. The lowest BCUT2D eigenvalue weighted by Gasteiger charge is -2.29. The number of aliphatic hydroxyl groups is 1. The van der Waals surface area contributed by atoms with Crippen LogP contribution in [0.25, 0.3) is 0 Å². The zero-order chi connectivity index (χ0) is 24.9. The summed E-state index contributed by atoms with van der Waals surface area (Å²) >= 11 is 0. The highest BCUT2D eigenvalue weighted by Gasteiger charge is 2.46. The summed E-state index contributed by atoms with van der Waals surface area (Å²) < 4.78 is 5.42. The van der Waals surface area contributed by atoms with Gasteiger partial charge >= 0.3 is 6.09 Å². The average molecular weight is 469 g/mol. The van der Waals surface area contributed by atoms with Crippen LogP contribution >= 0.6 is 0 Å². The molecule has 2 amide bonds. The highest BCUT2D eigenvalue weighted by atomic mass is 16.6. The van der Waals surface area contributed by atoms with Gasteiger partial charge in [-0.15, -0.1) is 0 Å². The van der Waals surface area contributed by atoms with E-state index in [1.165, 1.54) is 0 Å². The number of benzene rings is 1. The Kier molecular flexibility index (Phi) is 8.28. The fourth-order valence-corrected chi connectivity index (χ4v) is 4.14. The number of alkyl carbamates (subject to hydrolysis) is 1. The maximum Gasteiger partial charge on any atom is 0.407 e. The minimum Gasteiger partial charge on any atom is -0.444 e.